The van der Waals surface area contributed by atoms with Crippen molar-refractivity contribution >= 4 is 74.5 Å². The first-order valence-corrected chi connectivity index (χ1v) is 12.0. The lowest BCUT2D eigenvalue weighted by atomic mass is 10.1. The fourth-order valence-corrected chi connectivity index (χ4v) is 4.99. The number of carbonyl (C=O) groups excluding carboxylic acids is 2. The molecule has 0 unspecified atom stereocenters. The van der Waals surface area contributed by atoms with Gasteiger partial charge in [-0.15, -0.1) is 0 Å². The third kappa shape index (κ3) is 5.34. The zero-order chi connectivity index (χ0) is 24.5. The van der Waals surface area contributed by atoms with Gasteiger partial charge in [0.05, 0.1) is 21.7 Å². The van der Waals surface area contributed by atoms with Gasteiger partial charge in [0.15, 0.2) is 4.32 Å². The molecule has 4 nitrogen and oxygen atoms in total. The Balaban J connectivity index is 1.50. The van der Waals surface area contributed by atoms with Gasteiger partial charge in [-0.05, 0) is 76.7 Å². The number of nitrogens with zero attached hydrogens (tertiary/aromatic N) is 1. The molecule has 4 rings (SSSR count). The molecule has 1 aliphatic heterocycles. The van der Waals surface area contributed by atoms with E-state index in [1.807, 2.05) is 6.07 Å². The van der Waals surface area contributed by atoms with Crippen molar-refractivity contribution in [3.05, 3.63) is 98.0 Å². The monoisotopic (exact) mass is 611 g/mol. The second-order valence-corrected chi connectivity index (χ2v) is 9.84. The van der Waals surface area contributed by atoms with Crippen LogP contribution in [0.25, 0.3) is 6.08 Å². The van der Waals surface area contributed by atoms with Gasteiger partial charge < -0.3 is 4.74 Å². The number of alkyl halides is 3. The summed E-state index contributed by atoms with van der Waals surface area (Å²) in [6.45, 7) is 0. The lowest BCUT2D eigenvalue weighted by Gasteiger charge is -2.16. The fraction of sp³-hybridized carbons (Fsp3) is 0.0417. The summed E-state index contributed by atoms with van der Waals surface area (Å²) in [7, 11) is 0. The number of esters is 1. The topological polar surface area (TPSA) is 46.6 Å². The van der Waals surface area contributed by atoms with Gasteiger partial charge in [-0.2, -0.15) is 13.2 Å². The second-order valence-electron chi connectivity index (χ2n) is 7.00. The van der Waals surface area contributed by atoms with Crippen LogP contribution in [0.15, 0.2) is 77.7 Å². The molecule has 10 heteroatoms. The predicted octanol–water partition coefficient (Wildman–Crippen LogP) is 6.94. The summed E-state index contributed by atoms with van der Waals surface area (Å²) in [5.41, 5.74) is 0.279. The molecule has 1 heterocycles. The SMILES string of the molecule is O=C(Oc1ccc(/C=C2/SC(=S)N(c3cccc(C(F)(F)F)c3)C2=O)cc1)c1ccccc1I. The number of thioether (sulfide) groups is 1. The average Bonchev–Trinajstić information content (AvgIpc) is 3.07. The summed E-state index contributed by atoms with van der Waals surface area (Å²) >= 11 is 8.30. The maximum atomic E-state index is 13.1. The Kier molecular flexibility index (Phi) is 7.10. The maximum Gasteiger partial charge on any atom is 0.416 e. The van der Waals surface area contributed by atoms with Gasteiger partial charge in [0.2, 0.25) is 0 Å². The highest BCUT2D eigenvalue weighted by molar-refractivity contribution is 14.1. The van der Waals surface area contributed by atoms with E-state index >= 15 is 0 Å². The minimum atomic E-state index is -4.53. The molecule has 1 fully saturated rings. The number of halogens is 4. The van der Waals surface area contributed by atoms with E-state index in [-0.39, 0.29) is 14.9 Å². The number of benzene rings is 3. The van der Waals surface area contributed by atoms with Crippen LogP contribution in [0.5, 0.6) is 5.75 Å². The van der Waals surface area contributed by atoms with Gasteiger partial charge in [-0.1, -0.05) is 54.3 Å². The average molecular weight is 611 g/mol. The number of amides is 1. The normalized spacial score (nSPS) is 15.2. The highest BCUT2D eigenvalue weighted by atomic mass is 127. The van der Waals surface area contributed by atoms with Crippen LogP contribution in [0.2, 0.25) is 0 Å². The minimum Gasteiger partial charge on any atom is -0.423 e. The van der Waals surface area contributed by atoms with Crippen molar-refractivity contribution in [2.75, 3.05) is 4.90 Å². The summed E-state index contributed by atoms with van der Waals surface area (Å²) in [6, 6.07) is 18.0. The van der Waals surface area contributed by atoms with Gasteiger partial charge in [0.1, 0.15) is 5.75 Å². The van der Waals surface area contributed by atoms with Gasteiger partial charge in [-0.3, -0.25) is 9.69 Å². The zero-order valence-corrected chi connectivity index (χ0v) is 20.8. The molecular formula is C24H13F3INO3S2. The highest BCUT2D eigenvalue weighted by Crippen LogP contribution is 2.38. The molecule has 0 N–H and O–H groups in total. The van der Waals surface area contributed by atoms with E-state index in [1.54, 1.807) is 48.5 Å². The molecule has 0 bridgehead atoms. The number of ether oxygens (including phenoxy) is 1. The lowest BCUT2D eigenvalue weighted by Crippen LogP contribution is -2.27. The quantitative estimate of drug-likeness (QED) is 0.105. The number of carbonyl (C=O) groups is 2. The molecular weight excluding hydrogens is 598 g/mol. The smallest absolute Gasteiger partial charge is 0.416 e. The number of hydrogen-bond acceptors (Lipinski definition) is 5. The van der Waals surface area contributed by atoms with E-state index in [9.17, 15) is 22.8 Å². The van der Waals surface area contributed by atoms with Crippen LogP contribution in [-0.4, -0.2) is 16.2 Å². The molecule has 0 aliphatic carbocycles. The van der Waals surface area contributed by atoms with Gasteiger partial charge in [-0.25, -0.2) is 4.79 Å². The van der Waals surface area contributed by atoms with Gasteiger partial charge in [0, 0.05) is 3.57 Å². The predicted molar refractivity (Wildman–Crippen MR) is 138 cm³/mol. The Labute approximate surface area is 215 Å². The molecule has 0 atom stereocenters. The van der Waals surface area contributed by atoms with Crippen LogP contribution >= 0.6 is 46.6 Å². The minimum absolute atomic E-state index is 0.0542. The number of thiocarbonyl (C=S) groups is 1. The van der Waals surface area contributed by atoms with Crippen molar-refractivity contribution in [2.45, 2.75) is 6.18 Å². The summed E-state index contributed by atoms with van der Waals surface area (Å²) in [5.74, 6) is -0.665. The van der Waals surface area contributed by atoms with E-state index in [1.165, 1.54) is 12.1 Å². The van der Waals surface area contributed by atoms with Crippen LogP contribution < -0.4 is 9.64 Å². The number of anilines is 1. The first-order chi connectivity index (χ1) is 16.1. The maximum absolute atomic E-state index is 13.1. The number of rotatable bonds is 4. The van der Waals surface area contributed by atoms with Crippen LogP contribution in [0, 0.1) is 3.57 Å². The molecule has 0 radical (unpaired) electrons. The van der Waals surface area contributed by atoms with Crippen molar-refractivity contribution in [1.82, 2.24) is 0 Å². The van der Waals surface area contributed by atoms with Crippen molar-refractivity contribution in [1.29, 1.82) is 0 Å². The highest BCUT2D eigenvalue weighted by Gasteiger charge is 2.36. The Morgan fingerprint density at radius 2 is 1.74 bits per heavy atom. The molecule has 0 saturated carbocycles. The van der Waals surface area contributed by atoms with Crippen LogP contribution in [-0.2, 0) is 11.0 Å². The van der Waals surface area contributed by atoms with E-state index < -0.39 is 23.6 Å². The summed E-state index contributed by atoms with van der Waals surface area (Å²) in [6.07, 6.45) is -2.95. The Morgan fingerprint density at radius 3 is 2.41 bits per heavy atom. The van der Waals surface area contributed by atoms with E-state index in [0.717, 1.165) is 32.4 Å². The Morgan fingerprint density at radius 1 is 1.03 bits per heavy atom. The van der Waals surface area contributed by atoms with Crippen LogP contribution in [0.3, 0.4) is 0 Å². The second kappa shape index (κ2) is 9.88. The Hall–Kier alpha value is -2.70. The Bertz CT molecular complexity index is 1320. The zero-order valence-electron chi connectivity index (χ0n) is 17.0. The summed E-state index contributed by atoms with van der Waals surface area (Å²) in [5, 5.41) is 0. The molecule has 3 aromatic rings. The van der Waals surface area contributed by atoms with Crippen molar-refractivity contribution < 1.29 is 27.5 Å². The molecule has 34 heavy (non-hydrogen) atoms. The molecule has 1 aliphatic rings. The van der Waals surface area contributed by atoms with Crippen LogP contribution in [0.1, 0.15) is 21.5 Å². The largest absolute Gasteiger partial charge is 0.423 e. The molecule has 1 amide bonds. The third-order valence-corrected chi connectivity index (χ3v) is 6.95. The first kappa shape index (κ1) is 24.4. The number of hydrogen-bond donors (Lipinski definition) is 0. The molecule has 3 aromatic carbocycles. The molecule has 172 valence electrons. The third-order valence-electron chi connectivity index (χ3n) is 4.71. The van der Waals surface area contributed by atoms with Crippen molar-refractivity contribution in [3.8, 4) is 5.75 Å². The lowest BCUT2D eigenvalue weighted by molar-refractivity contribution is -0.137. The molecule has 0 spiro atoms. The van der Waals surface area contributed by atoms with E-state index in [2.05, 4.69) is 22.6 Å². The first-order valence-electron chi connectivity index (χ1n) is 9.65. The molecule has 0 aromatic heterocycles. The van der Waals surface area contributed by atoms with E-state index in [0.29, 0.717) is 16.9 Å². The molecule has 1 saturated heterocycles. The van der Waals surface area contributed by atoms with Gasteiger partial charge in [0.25, 0.3) is 5.91 Å². The van der Waals surface area contributed by atoms with Crippen LogP contribution in [0.4, 0.5) is 18.9 Å². The van der Waals surface area contributed by atoms with E-state index in [4.69, 9.17) is 17.0 Å². The van der Waals surface area contributed by atoms with Crippen molar-refractivity contribution in [2.24, 2.45) is 0 Å². The summed E-state index contributed by atoms with van der Waals surface area (Å²) in [4.78, 5) is 26.6. The summed E-state index contributed by atoms with van der Waals surface area (Å²) < 4.78 is 45.5. The van der Waals surface area contributed by atoms with Crippen molar-refractivity contribution in [3.63, 3.8) is 0 Å². The standard InChI is InChI=1S/C24H13F3INO3S2/c25-24(26,27)15-4-3-5-16(13-15)29-21(30)20(34-23(29)33)12-14-8-10-17(11-9-14)32-22(31)18-6-1-2-7-19(18)28/h1-13H/b20-12+. The fourth-order valence-electron chi connectivity index (χ4n) is 3.08. The van der Waals surface area contributed by atoms with Gasteiger partial charge >= 0.3 is 12.1 Å².